The van der Waals surface area contributed by atoms with E-state index in [9.17, 15) is 5.11 Å². The van der Waals surface area contributed by atoms with Crippen LogP contribution in [0, 0.1) is 5.92 Å². The molecule has 3 heteroatoms. The topological polar surface area (TPSA) is 32.7 Å². The number of hydrogen-bond acceptors (Lipinski definition) is 3. The number of hydrogen-bond donors (Lipinski definition) is 1. The van der Waals surface area contributed by atoms with Crippen LogP contribution < -0.4 is 0 Å². The van der Waals surface area contributed by atoms with Gasteiger partial charge in [0.25, 0.3) is 0 Å². The van der Waals surface area contributed by atoms with E-state index in [0.29, 0.717) is 12.0 Å². The fraction of sp³-hybridized carbons (Fsp3) is 1.00. The Balaban J connectivity index is 1.74. The Labute approximate surface area is 105 Å². The molecule has 1 saturated heterocycles. The van der Waals surface area contributed by atoms with Gasteiger partial charge in [0.1, 0.15) is 0 Å². The fourth-order valence-electron chi connectivity index (χ4n) is 3.13. The SMILES string of the molecule is CCC1CN(CC(O)C2CCCCC2)CCO1. The Morgan fingerprint density at radius 2 is 2.06 bits per heavy atom. The maximum Gasteiger partial charge on any atom is 0.0700 e. The van der Waals surface area contributed by atoms with Gasteiger partial charge in [0.2, 0.25) is 0 Å². The third-order valence-corrected chi connectivity index (χ3v) is 4.32. The molecule has 0 aromatic carbocycles. The molecule has 0 radical (unpaired) electrons. The molecule has 0 aromatic heterocycles. The smallest absolute Gasteiger partial charge is 0.0700 e. The Morgan fingerprint density at radius 1 is 1.29 bits per heavy atom. The van der Waals surface area contributed by atoms with Gasteiger partial charge in [-0.25, -0.2) is 0 Å². The van der Waals surface area contributed by atoms with E-state index in [4.69, 9.17) is 4.74 Å². The number of morpholine rings is 1. The van der Waals surface area contributed by atoms with Crippen molar-refractivity contribution in [2.24, 2.45) is 5.92 Å². The average Bonchev–Trinajstić information content (AvgIpc) is 2.40. The maximum atomic E-state index is 10.3. The molecule has 100 valence electrons. The van der Waals surface area contributed by atoms with Crippen molar-refractivity contribution in [2.45, 2.75) is 57.7 Å². The molecule has 0 bridgehead atoms. The molecular weight excluding hydrogens is 214 g/mol. The van der Waals surface area contributed by atoms with E-state index in [1.165, 1.54) is 32.1 Å². The van der Waals surface area contributed by atoms with E-state index < -0.39 is 0 Å². The number of aliphatic hydroxyl groups is 1. The second-order valence-corrected chi connectivity index (χ2v) is 5.63. The minimum Gasteiger partial charge on any atom is -0.392 e. The van der Waals surface area contributed by atoms with Crippen LogP contribution in [0.1, 0.15) is 45.4 Å². The minimum atomic E-state index is -0.120. The fourth-order valence-corrected chi connectivity index (χ4v) is 3.13. The predicted octanol–water partition coefficient (Wildman–Crippen LogP) is 2.04. The first-order valence-corrected chi connectivity index (χ1v) is 7.31. The first kappa shape index (κ1) is 13.3. The predicted molar refractivity (Wildman–Crippen MR) is 69.1 cm³/mol. The molecule has 0 spiro atoms. The van der Waals surface area contributed by atoms with Crippen molar-refractivity contribution < 1.29 is 9.84 Å². The van der Waals surface area contributed by atoms with Crippen LogP contribution in [0.25, 0.3) is 0 Å². The van der Waals surface area contributed by atoms with Crippen LogP contribution in [0.15, 0.2) is 0 Å². The van der Waals surface area contributed by atoms with Crippen LogP contribution in [-0.4, -0.2) is 48.5 Å². The molecule has 2 fully saturated rings. The van der Waals surface area contributed by atoms with Crippen LogP contribution in [0.3, 0.4) is 0 Å². The summed E-state index contributed by atoms with van der Waals surface area (Å²) in [7, 11) is 0. The van der Waals surface area contributed by atoms with Crippen LogP contribution in [0.4, 0.5) is 0 Å². The van der Waals surface area contributed by atoms with Crippen LogP contribution in [0.2, 0.25) is 0 Å². The molecule has 1 aliphatic carbocycles. The zero-order chi connectivity index (χ0) is 12.1. The molecule has 0 aromatic rings. The first-order valence-electron chi connectivity index (χ1n) is 7.31. The van der Waals surface area contributed by atoms with Crippen molar-refractivity contribution in [1.29, 1.82) is 0 Å². The molecule has 1 aliphatic heterocycles. The standard InChI is InChI=1S/C14H27NO2/c1-2-13-10-15(8-9-17-13)11-14(16)12-6-4-3-5-7-12/h12-14,16H,2-11H2,1H3. The molecule has 0 amide bonds. The summed E-state index contributed by atoms with van der Waals surface area (Å²) in [6, 6.07) is 0. The molecule has 17 heavy (non-hydrogen) atoms. The van der Waals surface area contributed by atoms with Gasteiger partial charge in [0, 0.05) is 19.6 Å². The van der Waals surface area contributed by atoms with Crippen molar-refractivity contribution in [3.05, 3.63) is 0 Å². The highest BCUT2D eigenvalue weighted by Crippen LogP contribution is 2.27. The Kier molecular flexibility index (Phi) is 5.26. The Bertz CT molecular complexity index is 216. The summed E-state index contributed by atoms with van der Waals surface area (Å²) in [5.74, 6) is 0.548. The number of ether oxygens (including phenoxy) is 1. The highest BCUT2D eigenvalue weighted by molar-refractivity contribution is 4.78. The average molecular weight is 241 g/mol. The lowest BCUT2D eigenvalue weighted by molar-refractivity contribution is -0.0496. The molecule has 1 heterocycles. The zero-order valence-electron chi connectivity index (χ0n) is 11.1. The van der Waals surface area contributed by atoms with Gasteiger partial charge in [0.15, 0.2) is 0 Å². The number of β-amino-alcohol motifs (C(OH)–C–C–N with tert-alkyl or cyclic N) is 1. The second kappa shape index (κ2) is 6.72. The van der Waals surface area contributed by atoms with Gasteiger partial charge < -0.3 is 9.84 Å². The van der Waals surface area contributed by atoms with Crippen LogP contribution in [-0.2, 0) is 4.74 Å². The lowest BCUT2D eigenvalue weighted by Crippen LogP contribution is -2.46. The van der Waals surface area contributed by atoms with Crippen molar-refractivity contribution in [3.8, 4) is 0 Å². The number of rotatable bonds is 4. The molecule has 1 N–H and O–H groups in total. The van der Waals surface area contributed by atoms with Crippen LogP contribution in [0.5, 0.6) is 0 Å². The molecular formula is C14H27NO2. The second-order valence-electron chi connectivity index (χ2n) is 5.63. The minimum absolute atomic E-state index is 0.120. The molecule has 1 saturated carbocycles. The summed E-state index contributed by atoms with van der Waals surface area (Å²) in [5.41, 5.74) is 0. The highest BCUT2D eigenvalue weighted by Gasteiger charge is 2.26. The summed E-state index contributed by atoms with van der Waals surface area (Å²) in [6.07, 6.45) is 7.76. The monoisotopic (exact) mass is 241 g/mol. The molecule has 2 unspecified atom stereocenters. The van der Waals surface area contributed by atoms with Gasteiger partial charge in [-0.15, -0.1) is 0 Å². The summed E-state index contributed by atoms with van der Waals surface area (Å²) in [5, 5.41) is 10.3. The molecule has 2 atom stereocenters. The van der Waals surface area contributed by atoms with Crippen molar-refractivity contribution in [1.82, 2.24) is 4.90 Å². The third kappa shape index (κ3) is 3.94. The summed E-state index contributed by atoms with van der Waals surface area (Å²) in [6.45, 7) is 5.84. The van der Waals surface area contributed by atoms with E-state index in [1.807, 2.05) is 0 Å². The Hall–Kier alpha value is -0.120. The lowest BCUT2D eigenvalue weighted by Gasteiger charge is -2.36. The maximum absolute atomic E-state index is 10.3. The van der Waals surface area contributed by atoms with Gasteiger partial charge in [-0.1, -0.05) is 26.2 Å². The Morgan fingerprint density at radius 3 is 2.76 bits per heavy atom. The van der Waals surface area contributed by atoms with Gasteiger partial charge in [-0.05, 0) is 25.2 Å². The molecule has 2 rings (SSSR count). The van der Waals surface area contributed by atoms with E-state index in [0.717, 1.165) is 32.7 Å². The van der Waals surface area contributed by atoms with E-state index in [1.54, 1.807) is 0 Å². The van der Waals surface area contributed by atoms with E-state index in [2.05, 4.69) is 11.8 Å². The lowest BCUT2D eigenvalue weighted by atomic mass is 9.85. The molecule has 3 nitrogen and oxygen atoms in total. The van der Waals surface area contributed by atoms with Gasteiger partial charge in [-0.2, -0.15) is 0 Å². The first-order chi connectivity index (χ1) is 8.29. The zero-order valence-corrected chi connectivity index (χ0v) is 11.1. The number of nitrogens with zero attached hydrogens (tertiary/aromatic N) is 1. The quantitative estimate of drug-likeness (QED) is 0.817. The summed E-state index contributed by atoms with van der Waals surface area (Å²) in [4.78, 5) is 2.39. The van der Waals surface area contributed by atoms with Gasteiger partial charge >= 0.3 is 0 Å². The number of aliphatic hydroxyl groups excluding tert-OH is 1. The van der Waals surface area contributed by atoms with Crippen molar-refractivity contribution in [2.75, 3.05) is 26.2 Å². The van der Waals surface area contributed by atoms with E-state index in [-0.39, 0.29) is 6.10 Å². The highest BCUT2D eigenvalue weighted by atomic mass is 16.5. The third-order valence-electron chi connectivity index (χ3n) is 4.32. The van der Waals surface area contributed by atoms with E-state index >= 15 is 0 Å². The van der Waals surface area contributed by atoms with Crippen molar-refractivity contribution >= 4 is 0 Å². The summed E-state index contributed by atoms with van der Waals surface area (Å²) >= 11 is 0. The normalized spacial score (nSPS) is 30.4. The largest absolute Gasteiger partial charge is 0.392 e. The van der Waals surface area contributed by atoms with Gasteiger partial charge in [0.05, 0.1) is 18.8 Å². The molecule has 2 aliphatic rings. The van der Waals surface area contributed by atoms with Gasteiger partial charge in [-0.3, -0.25) is 4.90 Å². The summed E-state index contributed by atoms with van der Waals surface area (Å²) < 4.78 is 5.66. The van der Waals surface area contributed by atoms with Crippen LogP contribution >= 0.6 is 0 Å². The van der Waals surface area contributed by atoms with Crippen molar-refractivity contribution in [3.63, 3.8) is 0 Å².